The standard InChI is InChI=1S/C28H34N4O3/c33-26-23-8-2-3-9-24(23)35-19-7-1-4-11-28(21-30-26)12-17-32(18-13-28)27(34)22-10-14-29-25(20-22)31-15-5-6-16-31/h1-4,8-10,14,20H,5-7,11-13,15-19,21H2,(H,30,33)/b4-1+. The van der Waals surface area contributed by atoms with Crippen LogP contribution in [0.2, 0.25) is 0 Å². The molecule has 1 aromatic heterocycles. The molecule has 5 rings (SSSR count). The van der Waals surface area contributed by atoms with Crippen molar-refractivity contribution in [3.8, 4) is 5.75 Å². The van der Waals surface area contributed by atoms with E-state index in [1.165, 1.54) is 12.8 Å². The molecule has 4 heterocycles. The number of para-hydroxylation sites is 1. The lowest BCUT2D eigenvalue weighted by molar-refractivity contribution is 0.0566. The number of allylic oxidation sites excluding steroid dienone is 1. The van der Waals surface area contributed by atoms with Crippen LogP contribution in [0.5, 0.6) is 5.75 Å². The van der Waals surface area contributed by atoms with Gasteiger partial charge >= 0.3 is 0 Å². The van der Waals surface area contributed by atoms with Crippen molar-refractivity contribution >= 4 is 17.6 Å². The molecule has 3 aliphatic heterocycles. The summed E-state index contributed by atoms with van der Waals surface area (Å²) in [6.07, 6.45) is 11.9. The summed E-state index contributed by atoms with van der Waals surface area (Å²) in [7, 11) is 0. The van der Waals surface area contributed by atoms with Gasteiger partial charge < -0.3 is 19.9 Å². The lowest BCUT2D eigenvalue weighted by atomic mass is 9.75. The quantitative estimate of drug-likeness (QED) is 0.665. The van der Waals surface area contributed by atoms with E-state index in [1.54, 1.807) is 6.20 Å². The Balaban J connectivity index is 1.26. The van der Waals surface area contributed by atoms with Crippen molar-refractivity contribution in [3.63, 3.8) is 0 Å². The number of fused-ring (bicyclic) bond motifs is 1. The molecule has 7 heteroatoms. The second-order valence-electron chi connectivity index (χ2n) is 9.88. The molecule has 35 heavy (non-hydrogen) atoms. The van der Waals surface area contributed by atoms with E-state index < -0.39 is 0 Å². The van der Waals surface area contributed by atoms with E-state index in [4.69, 9.17) is 4.74 Å². The Morgan fingerprint density at radius 1 is 1.03 bits per heavy atom. The van der Waals surface area contributed by atoms with Gasteiger partial charge in [-0.15, -0.1) is 0 Å². The van der Waals surface area contributed by atoms with Crippen LogP contribution in [0.4, 0.5) is 5.82 Å². The number of benzene rings is 1. The lowest BCUT2D eigenvalue weighted by Crippen LogP contribution is -2.48. The van der Waals surface area contributed by atoms with Crippen LogP contribution in [0, 0.1) is 5.41 Å². The van der Waals surface area contributed by atoms with Crippen molar-refractivity contribution in [2.24, 2.45) is 5.41 Å². The van der Waals surface area contributed by atoms with Gasteiger partial charge in [0.2, 0.25) is 0 Å². The van der Waals surface area contributed by atoms with Gasteiger partial charge in [0.25, 0.3) is 11.8 Å². The molecule has 0 saturated carbocycles. The minimum Gasteiger partial charge on any atom is -0.492 e. The molecule has 1 aromatic carbocycles. The molecule has 2 amide bonds. The van der Waals surface area contributed by atoms with Crippen LogP contribution in [0.1, 0.15) is 59.2 Å². The fourth-order valence-corrected chi connectivity index (χ4v) is 5.32. The van der Waals surface area contributed by atoms with Gasteiger partial charge in [-0.1, -0.05) is 24.3 Å². The predicted octanol–water partition coefficient (Wildman–Crippen LogP) is 4.06. The highest BCUT2D eigenvalue weighted by Crippen LogP contribution is 2.36. The Morgan fingerprint density at radius 3 is 2.66 bits per heavy atom. The first-order valence-corrected chi connectivity index (χ1v) is 12.8. The number of pyridine rings is 1. The number of amides is 2. The number of aromatic nitrogens is 1. The molecule has 0 aliphatic carbocycles. The average molecular weight is 475 g/mol. The van der Waals surface area contributed by atoms with Crippen molar-refractivity contribution < 1.29 is 14.3 Å². The lowest BCUT2D eigenvalue weighted by Gasteiger charge is -2.41. The van der Waals surface area contributed by atoms with E-state index in [-0.39, 0.29) is 17.2 Å². The third-order valence-corrected chi connectivity index (χ3v) is 7.55. The molecule has 2 aromatic rings. The second-order valence-corrected chi connectivity index (χ2v) is 9.88. The van der Waals surface area contributed by atoms with Gasteiger partial charge in [0.1, 0.15) is 11.6 Å². The van der Waals surface area contributed by atoms with Gasteiger partial charge in [0.15, 0.2) is 0 Å². The van der Waals surface area contributed by atoms with E-state index in [2.05, 4.69) is 27.4 Å². The third-order valence-electron chi connectivity index (χ3n) is 7.55. The molecule has 3 aliphatic rings. The van der Waals surface area contributed by atoms with Gasteiger partial charge in [0, 0.05) is 44.5 Å². The van der Waals surface area contributed by atoms with Gasteiger partial charge in [-0.25, -0.2) is 4.98 Å². The first kappa shape index (κ1) is 23.4. The number of hydrogen-bond donors (Lipinski definition) is 1. The highest BCUT2D eigenvalue weighted by molar-refractivity contribution is 5.97. The smallest absolute Gasteiger partial charge is 0.255 e. The number of hydrogen-bond acceptors (Lipinski definition) is 5. The maximum Gasteiger partial charge on any atom is 0.255 e. The molecule has 1 spiro atoms. The number of nitrogens with one attached hydrogen (secondary N) is 1. The summed E-state index contributed by atoms with van der Waals surface area (Å²) in [5, 5.41) is 3.16. The summed E-state index contributed by atoms with van der Waals surface area (Å²) < 4.78 is 5.83. The molecule has 0 unspecified atom stereocenters. The zero-order valence-electron chi connectivity index (χ0n) is 20.2. The number of carbonyl (C=O) groups excluding carboxylic acids is 2. The van der Waals surface area contributed by atoms with Crippen molar-refractivity contribution in [2.45, 2.75) is 38.5 Å². The fourth-order valence-electron chi connectivity index (χ4n) is 5.32. The van der Waals surface area contributed by atoms with Gasteiger partial charge in [0.05, 0.1) is 12.2 Å². The maximum atomic E-state index is 13.3. The Morgan fingerprint density at radius 2 is 1.83 bits per heavy atom. The Kier molecular flexibility index (Phi) is 7.02. The first-order valence-electron chi connectivity index (χ1n) is 12.8. The van der Waals surface area contributed by atoms with Crippen LogP contribution in [0.15, 0.2) is 54.7 Å². The molecule has 2 saturated heterocycles. The second kappa shape index (κ2) is 10.5. The normalized spacial score (nSPS) is 21.3. The summed E-state index contributed by atoms with van der Waals surface area (Å²) in [4.78, 5) is 35.0. The molecule has 2 fully saturated rings. The topological polar surface area (TPSA) is 74.8 Å². The fraction of sp³-hybridized carbons (Fsp3) is 0.464. The Labute approximate surface area is 207 Å². The summed E-state index contributed by atoms with van der Waals surface area (Å²) in [5.41, 5.74) is 1.23. The first-order chi connectivity index (χ1) is 17.1. The number of rotatable bonds is 2. The number of piperidine rings is 1. The molecule has 0 radical (unpaired) electrons. The molecular weight excluding hydrogens is 440 g/mol. The van der Waals surface area contributed by atoms with E-state index in [0.29, 0.717) is 43.1 Å². The van der Waals surface area contributed by atoms with Crippen LogP contribution in [-0.4, -0.2) is 61.0 Å². The average Bonchev–Trinajstić information content (AvgIpc) is 3.44. The minimum atomic E-state index is -0.103. The monoisotopic (exact) mass is 474 g/mol. The largest absolute Gasteiger partial charge is 0.492 e. The number of ether oxygens (including phenoxy) is 1. The number of carbonyl (C=O) groups is 2. The molecule has 7 nitrogen and oxygen atoms in total. The molecular formula is C28H34N4O3. The number of anilines is 1. The van der Waals surface area contributed by atoms with Crippen LogP contribution in [-0.2, 0) is 0 Å². The number of likely N-dealkylation sites (tertiary alicyclic amines) is 1. The molecule has 0 atom stereocenters. The van der Waals surface area contributed by atoms with Gasteiger partial charge in [-0.2, -0.15) is 0 Å². The zero-order valence-corrected chi connectivity index (χ0v) is 20.2. The van der Waals surface area contributed by atoms with Gasteiger partial charge in [-0.05, 0) is 68.2 Å². The minimum absolute atomic E-state index is 0.0586. The zero-order chi connectivity index (χ0) is 24.1. The molecule has 184 valence electrons. The summed E-state index contributed by atoms with van der Waals surface area (Å²) in [5.74, 6) is 1.49. The van der Waals surface area contributed by atoms with Crippen LogP contribution >= 0.6 is 0 Å². The molecule has 1 N–H and O–H groups in total. The summed E-state index contributed by atoms with van der Waals surface area (Å²) in [6, 6.07) is 11.2. The van der Waals surface area contributed by atoms with Crippen LogP contribution in [0.3, 0.4) is 0 Å². The summed E-state index contributed by atoms with van der Waals surface area (Å²) >= 11 is 0. The Bertz CT molecular complexity index is 1090. The van der Waals surface area contributed by atoms with E-state index in [1.807, 2.05) is 41.3 Å². The third kappa shape index (κ3) is 5.34. The van der Waals surface area contributed by atoms with Crippen LogP contribution in [0.25, 0.3) is 0 Å². The van der Waals surface area contributed by atoms with Crippen molar-refractivity contribution in [1.82, 2.24) is 15.2 Å². The molecule has 0 bridgehead atoms. The van der Waals surface area contributed by atoms with E-state index in [0.717, 1.165) is 44.6 Å². The summed E-state index contributed by atoms with van der Waals surface area (Å²) in [6.45, 7) is 4.51. The maximum absolute atomic E-state index is 13.3. The van der Waals surface area contributed by atoms with E-state index >= 15 is 0 Å². The van der Waals surface area contributed by atoms with Crippen molar-refractivity contribution in [2.75, 3.05) is 44.2 Å². The predicted molar refractivity (Wildman–Crippen MR) is 136 cm³/mol. The van der Waals surface area contributed by atoms with Crippen molar-refractivity contribution in [1.29, 1.82) is 0 Å². The highest BCUT2D eigenvalue weighted by atomic mass is 16.5. The van der Waals surface area contributed by atoms with E-state index in [9.17, 15) is 9.59 Å². The SMILES string of the molecule is O=C1NCC2(C/C=C/CCOc3ccccc31)CCN(C(=O)c1ccnc(N3CCCC3)c1)CC2. The Hall–Kier alpha value is -3.35. The number of nitrogens with zero attached hydrogens (tertiary/aromatic N) is 3. The highest BCUT2D eigenvalue weighted by Gasteiger charge is 2.36. The van der Waals surface area contributed by atoms with Crippen molar-refractivity contribution in [3.05, 3.63) is 65.9 Å². The van der Waals surface area contributed by atoms with Gasteiger partial charge in [-0.3, -0.25) is 9.59 Å². The van der Waals surface area contributed by atoms with Crippen LogP contribution < -0.4 is 15.0 Å².